The molecule has 1 saturated carbocycles. The van der Waals surface area contributed by atoms with E-state index in [0.29, 0.717) is 28.5 Å². The van der Waals surface area contributed by atoms with Crippen LogP contribution >= 0.6 is 11.8 Å². The third-order valence-corrected chi connectivity index (χ3v) is 15.0. The number of ether oxygens (including phenoxy) is 1. The molecule has 0 spiro atoms. The van der Waals surface area contributed by atoms with E-state index in [4.69, 9.17) is 9.16 Å². The van der Waals surface area contributed by atoms with Gasteiger partial charge in [0, 0.05) is 4.75 Å². The van der Waals surface area contributed by atoms with Crippen molar-refractivity contribution >= 4 is 25.9 Å². The molecule has 0 aromatic heterocycles. The molecule has 5 atom stereocenters. The van der Waals surface area contributed by atoms with E-state index in [1.807, 2.05) is 6.92 Å². The third-order valence-electron chi connectivity index (χ3n) is 7.38. The number of hydrogen-bond acceptors (Lipinski definition) is 4. The first-order chi connectivity index (χ1) is 12.8. The maximum absolute atomic E-state index is 13.4. The zero-order valence-corrected chi connectivity index (χ0v) is 21.7. The van der Waals surface area contributed by atoms with Crippen molar-refractivity contribution in [2.45, 2.75) is 128 Å². The summed E-state index contributed by atoms with van der Waals surface area (Å²) in [6.45, 7) is 22.5. The zero-order valence-electron chi connectivity index (χ0n) is 19.9. The van der Waals surface area contributed by atoms with Gasteiger partial charge in [0.2, 0.25) is 8.32 Å². The lowest BCUT2D eigenvalue weighted by atomic mass is 9.75. The summed E-state index contributed by atoms with van der Waals surface area (Å²) in [5.74, 6) is 1.37. The van der Waals surface area contributed by atoms with Gasteiger partial charge in [-0.05, 0) is 48.2 Å². The molecule has 2 aliphatic rings. The summed E-state index contributed by atoms with van der Waals surface area (Å²) in [5.41, 5.74) is 1.03. The van der Waals surface area contributed by atoms with E-state index in [-0.39, 0.29) is 16.6 Å². The van der Waals surface area contributed by atoms with Gasteiger partial charge in [-0.1, -0.05) is 68.7 Å². The van der Waals surface area contributed by atoms with Crippen LogP contribution in [0, 0.1) is 11.8 Å². The molecule has 164 valence electrons. The first-order valence-corrected chi connectivity index (χ1v) is 14.4. The molecule has 1 aliphatic heterocycles. The molecule has 0 aromatic carbocycles. The molecule has 0 bridgehead atoms. The third kappa shape index (κ3) is 4.73. The van der Waals surface area contributed by atoms with Gasteiger partial charge in [-0.25, -0.2) is 0 Å². The summed E-state index contributed by atoms with van der Waals surface area (Å²) >= 11 is 1.73. The number of hydrogen-bond donors (Lipinski definition) is 0. The second kappa shape index (κ2) is 9.11. The molecule has 0 unspecified atom stereocenters. The maximum Gasteiger partial charge on any atom is 0.201 e. The molecule has 0 aromatic rings. The predicted molar refractivity (Wildman–Crippen MR) is 123 cm³/mol. The Bertz CT molecular complexity index is 524. The van der Waals surface area contributed by atoms with Gasteiger partial charge in [-0.3, -0.25) is 4.79 Å². The zero-order chi connectivity index (χ0) is 21.4. The Balaban J connectivity index is 2.18. The van der Waals surface area contributed by atoms with Crippen molar-refractivity contribution in [2.75, 3.05) is 0 Å². The molecule has 3 nitrogen and oxygen atoms in total. The second-order valence-electron chi connectivity index (χ2n) is 10.7. The van der Waals surface area contributed by atoms with Crippen LogP contribution in [0.4, 0.5) is 0 Å². The highest BCUT2D eigenvalue weighted by atomic mass is 32.2. The van der Waals surface area contributed by atoms with Gasteiger partial charge in [0.15, 0.2) is 11.2 Å². The molecule has 5 heteroatoms. The molecule has 1 saturated heterocycles. The minimum Gasteiger partial charge on any atom is -0.406 e. The lowest BCUT2D eigenvalue weighted by Gasteiger charge is -2.50. The Morgan fingerprint density at radius 3 is 2.07 bits per heavy atom. The van der Waals surface area contributed by atoms with Crippen molar-refractivity contribution in [3.05, 3.63) is 0 Å². The van der Waals surface area contributed by atoms with E-state index in [1.165, 1.54) is 12.8 Å². The Kier molecular flexibility index (Phi) is 7.95. The Morgan fingerprint density at radius 1 is 1.04 bits per heavy atom. The van der Waals surface area contributed by atoms with Crippen LogP contribution in [0.1, 0.15) is 88.5 Å². The van der Waals surface area contributed by atoms with Gasteiger partial charge >= 0.3 is 0 Å². The van der Waals surface area contributed by atoms with Crippen LogP contribution in [0.5, 0.6) is 0 Å². The summed E-state index contributed by atoms with van der Waals surface area (Å²) in [6, 6.07) is 0. The van der Waals surface area contributed by atoms with Gasteiger partial charge in [0.25, 0.3) is 0 Å². The van der Waals surface area contributed by atoms with Crippen LogP contribution in [0.3, 0.4) is 0 Å². The number of Topliss-reactive ketones (excluding diaryl/α,β-unsaturated/α-hetero) is 1. The van der Waals surface area contributed by atoms with E-state index in [0.717, 1.165) is 6.42 Å². The van der Waals surface area contributed by atoms with Gasteiger partial charge in [0.05, 0.1) is 6.10 Å². The molecule has 2 fully saturated rings. The largest absolute Gasteiger partial charge is 0.406 e. The first-order valence-electron chi connectivity index (χ1n) is 11.4. The fourth-order valence-corrected chi connectivity index (χ4v) is 13.0. The summed E-state index contributed by atoms with van der Waals surface area (Å²) in [6.07, 6.45) is 3.38. The van der Waals surface area contributed by atoms with Crippen LogP contribution in [-0.4, -0.2) is 36.5 Å². The predicted octanol–water partition coefficient (Wildman–Crippen LogP) is 6.81. The molecule has 1 aliphatic carbocycles. The average Bonchev–Trinajstić information content (AvgIpc) is 2.56. The summed E-state index contributed by atoms with van der Waals surface area (Å²) in [5, 5.41) is 0. The molecule has 1 heterocycles. The number of thioether (sulfide) groups is 1. The minimum absolute atomic E-state index is 0.0752. The molecule has 28 heavy (non-hydrogen) atoms. The maximum atomic E-state index is 13.4. The fraction of sp³-hybridized carbons (Fsp3) is 0.957. The van der Waals surface area contributed by atoms with Crippen LogP contribution < -0.4 is 0 Å². The highest BCUT2D eigenvalue weighted by Gasteiger charge is 2.51. The average molecular weight is 429 g/mol. The number of ketones is 1. The van der Waals surface area contributed by atoms with Gasteiger partial charge in [0.1, 0.15) is 6.10 Å². The molecule has 2 rings (SSSR count). The molecule has 0 N–H and O–H groups in total. The van der Waals surface area contributed by atoms with Gasteiger partial charge in [-0.15, -0.1) is 11.8 Å². The normalized spacial score (nSPS) is 31.9. The van der Waals surface area contributed by atoms with Crippen molar-refractivity contribution in [3.8, 4) is 0 Å². The van der Waals surface area contributed by atoms with E-state index in [9.17, 15) is 4.79 Å². The smallest absolute Gasteiger partial charge is 0.201 e. The Labute approximate surface area is 179 Å². The molecular formula is C23H44O3SSi. The molecule has 0 radical (unpaired) electrons. The number of rotatable bonds is 7. The van der Waals surface area contributed by atoms with E-state index in [2.05, 4.69) is 62.3 Å². The van der Waals surface area contributed by atoms with Crippen molar-refractivity contribution in [2.24, 2.45) is 11.8 Å². The number of carbonyl (C=O) groups excluding carboxylic acids is 1. The van der Waals surface area contributed by atoms with Crippen LogP contribution in [-0.2, 0) is 14.0 Å². The topological polar surface area (TPSA) is 35.5 Å². The lowest BCUT2D eigenvalue weighted by Crippen LogP contribution is -2.55. The summed E-state index contributed by atoms with van der Waals surface area (Å²) in [7, 11) is -2.08. The van der Waals surface area contributed by atoms with E-state index >= 15 is 0 Å². The highest BCUT2D eigenvalue weighted by molar-refractivity contribution is 8.01. The first kappa shape index (κ1) is 24.4. The van der Waals surface area contributed by atoms with Gasteiger partial charge in [-0.2, -0.15) is 0 Å². The standard InChI is InChI=1S/C23H44O3SSi/c1-14(2)28(15(3)4,16(5)6)26-18(8)21(24)22-25-20-13-17(7)11-12-19(20)23(9,10)27-22/h14-20,22H,11-13H2,1-10H3/t17-,18+,19+,20-,22-/m1/s1. The monoisotopic (exact) mass is 428 g/mol. The minimum atomic E-state index is -2.08. The van der Waals surface area contributed by atoms with Crippen molar-refractivity contribution in [1.82, 2.24) is 0 Å². The number of fused-ring (bicyclic) bond motifs is 1. The molecule has 0 amide bonds. The van der Waals surface area contributed by atoms with Crippen molar-refractivity contribution in [3.63, 3.8) is 0 Å². The Morgan fingerprint density at radius 2 is 1.57 bits per heavy atom. The van der Waals surface area contributed by atoms with E-state index < -0.39 is 19.9 Å². The fourth-order valence-electron chi connectivity index (χ4n) is 5.91. The van der Waals surface area contributed by atoms with Crippen molar-refractivity contribution in [1.29, 1.82) is 0 Å². The highest BCUT2D eigenvalue weighted by Crippen LogP contribution is 2.51. The SMILES string of the molecule is CC(C)[Si](O[C@@H](C)C(=O)[C@@H]1O[C@@H]2C[C@H](C)CC[C@@H]2C(C)(C)S1)(C(C)C)C(C)C. The van der Waals surface area contributed by atoms with Crippen LogP contribution in [0.15, 0.2) is 0 Å². The summed E-state index contributed by atoms with van der Waals surface area (Å²) in [4.78, 5) is 13.4. The summed E-state index contributed by atoms with van der Waals surface area (Å²) < 4.78 is 13.3. The quantitative estimate of drug-likeness (QED) is 0.417. The lowest BCUT2D eigenvalue weighted by molar-refractivity contribution is -0.140. The number of carbonyl (C=O) groups is 1. The van der Waals surface area contributed by atoms with Crippen LogP contribution in [0.2, 0.25) is 16.6 Å². The van der Waals surface area contributed by atoms with Crippen molar-refractivity contribution < 1.29 is 14.0 Å². The van der Waals surface area contributed by atoms with Gasteiger partial charge < -0.3 is 9.16 Å². The second-order valence-corrected chi connectivity index (χ2v) is 17.9. The van der Waals surface area contributed by atoms with E-state index in [1.54, 1.807) is 11.8 Å². The van der Waals surface area contributed by atoms with Crippen LogP contribution in [0.25, 0.3) is 0 Å². The molecular weight excluding hydrogens is 384 g/mol. The Hall–Kier alpha value is 0.157.